The lowest BCUT2D eigenvalue weighted by molar-refractivity contribution is 0.101. The van der Waals surface area contributed by atoms with Crippen LogP contribution in [0.2, 0.25) is 0 Å². The molecule has 1 heterocycles. The highest BCUT2D eigenvalue weighted by atomic mass is 32.2. The minimum atomic E-state index is -0.257. The summed E-state index contributed by atoms with van der Waals surface area (Å²) in [5.41, 5.74) is 2.31. The molecule has 0 bridgehead atoms. The Bertz CT molecular complexity index is 1240. The molecular weight excluding hydrogens is 452 g/mol. The van der Waals surface area contributed by atoms with E-state index in [1.54, 1.807) is 66.6 Å². The predicted octanol–water partition coefficient (Wildman–Crippen LogP) is 6.55. The van der Waals surface area contributed by atoms with Crippen LogP contribution in [0, 0.1) is 0 Å². The molecule has 3 aromatic carbocycles. The summed E-state index contributed by atoms with van der Waals surface area (Å²) in [6.07, 6.45) is 0. The molecule has 166 valence electrons. The number of rotatable bonds is 8. The van der Waals surface area contributed by atoms with Crippen molar-refractivity contribution in [2.75, 3.05) is 17.7 Å². The smallest absolute Gasteiger partial charge is 0.256 e. The second-order valence-corrected chi connectivity index (χ2v) is 9.10. The lowest BCUT2D eigenvalue weighted by atomic mass is 10.1. The summed E-state index contributed by atoms with van der Waals surface area (Å²) >= 11 is 3.34. The zero-order valence-corrected chi connectivity index (χ0v) is 19.5. The Balaban J connectivity index is 1.41. The van der Waals surface area contributed by atoms with E-state index in [9.17, 15) is 9.59 Å². The molecule has 0 aliphatic rings. The maximum atomic E-state index is 12.9. The van der Waals surface area contributed by atoms with Gasteiger partial charge in [0, 0.05) is 26.8 Å². The molecule has 0 aliphatic heterocycles. The molecule has 4 rings (SSSR count). The van der Waals surface area contributed by atoms with Gasteiger partial charge in [-0.15, -0.1) is 23.1 Å². The maximum absolute atomic E-state index is 12.9. The van der Waals surface area contributed by atoms with Crippen LogP contribution in [0.25, 0.3) is 0 Å². The third-order valence-corrected chi connectivity index (χ3v) is 7.02. The van der Waals surface area contributed by atoms with Crippen LogP contribution in [0.5, 0.6) is 5.75 Å². The van der Waals surface area contributed by atoms with Gasteiger partial charge in [0.25, 0.3) is 11.8 Å². The fourth-order valence-corrected chi connectivity index (χ4v) is 4.99. The summed E-state index contributed by atoms with van der Waals surface area (Å²) < 4.78 is 5.27. The molecule has 2 amide bonds. The summed E-state index contributed by atoms with van der Waals surface area (Å²) in [6.45, 7) is 0. The number of anilines is 2. The summed E-state index contributed by atoms with van der Waals surface area (Å²) in [7, 11) is 1.56. The van der Waals surface area contributed by atoms with Crippen LogP contribution < -0.4 is 15.4 Å². The number of para-hydroxylation sites is 2. The Morgan fingerprint density at radius 3 is 2.36 bits per heavy atom. The molecular formula is C26H22N2O3S2. The average molecular weight is 475 g/mol. The second-order valence-electron chi connectivity index (χ2n) is 7.05. The van der Waals surface area contributed by atoms with E-state index in [4.69, 9.17) is 4.74 Å². The van der Waals surface area contributed by atoms with E-state index in [-0.39, 0.29) is 11.8 Å². The number of benzene rings is 3. The minimum Gasteiger partial charge on any atom is -0.495 e. The van der Waals surface area contributed by atoms with Gasteiger partial charge in [-0.05, 0) is 60.0 Å². The Labute approximate surface area is 200 Å². The van der Waals surface area contributed by atoms with Crippen molar-refractivity contribution in [3.05, 3.63) is 106 Å². The van der Waals surface area contributed by atoms with Crippen LogP contribution in [0.3, 0.4) is 0 Å². The van der Waals surface area contributed by atoms with E-state index in [0.29, 0.717) is 28.3 Å². The lowest BCUT2D eigenvalue weighted by Gasteiger charge is -2.11. The molecule has 7 heteroatoms. The van der Waals surface area contributed by atoms with Gasteiger partial charge in [-0.2, -0.15) is 0 Å². The molecule has 2 N–H and O–H groups in total. The zero-order chi connectivity index (χ0) is 23.0. The van der Waals surface area contributed by atoms with Crippen molar-refractivity contribution in [1.29, 1.82) is 0 Å². The van der Waals surface area contributed by atoms with E-state index < -0.39 is 0 Å². The van der Waals surface area contributed by atoms with Crippen molar-refractivity contribution >= 4 is 46.3 Å². The minimum absolute atomic E-state index is 0.185. The highest BCUT2D eigenvalue weighted by Crippen LogP contribution is 2.29. The molecule has 0 saturated carbocycles. The monoisotopic (exact) mass is 474 g/mol. The molecule has 0 radical (unpaired) electrons. The van der Waals surface area contributed by atoms with Gasteiger partial charge in [0.05, 0.1) is 18.4 Å². The molecule has 0 aliphatic carbocycles. The third kappa shape index (κ3) is 5.83. The number of nitrogens with one attached hydrogen (secondary N) is 2. The Morgan fingerprint density at radius 1 is 0.848 bits per heavy atom. The highest BCUT2D eigenvalue weighted by Gasteiger charge is 2.13. The molecule has 1 aromatic heterocycles. The number of amides is 2. The molecule has 0 atom stereocenters. The standard InChI is InChI=1S/C26H22N2O3S2/c1-31-23-10-4-3-9-22(23)28-25(29)18-12-14-19(15-13-18)27-26(30)21-8-2-5-11-24(21)33-17-20-7-6-16-32-20/h2-16H,17H2,1H3,(H,27,30)(H,28,29). The van der Waals surface area contributed by atoms with Crippen LogP contribution in [0.15, 0.2) is 95.2 Å². The zero-order valence-electron chi connectivity index (χ0n) is 17.9. The van der Waals surface area contributed by atoms with Gasteiger partial charge < -0.3 is 15.4 Å². The molecule has 0 fully saturated rings. The molecule has 4 aromatic rings. The third-order valence-electron chi connectivity index (χ3n) is 4.84. The van der Waals surface area contributed by atoms with Crippen molar-refractivity contribution in [3.8, 4) is 5.75 Å². The predicted molar refractivity (Wildman–Crippen MR) is 136 cm³/mol. The van der Waals surface area contributed by atoms with E-state index in [0.717, 1.165) is 10.6 Å². The van der Waals surface area contributed by atoms with Crippen LogP contribution in [0.1, 0.15) is 25.6 Å². The van der Waals surface area contributed by atoms with Gasteiger partial charge in [0.15, 0.2) is 0 Å². The molecule has 5 nitrogen and oxygen atoms in total. The Hall–Kier alpha value is -3.55. The second kappa shape index (κ2) is 10.8. The van der Waals surface area contributed by atoms with Crippen molar-refractivity contribution < 1.29 is 14.3 Å². The quantitative estimate of drug-likeness (QED) is 0.284. The lowest BCUT2D eigenvalue weighted by Crippen LogP contribution is -2.14. The van der Waals surface area contributed by atoms with Crippen LogP contribution in [-0.2, 0) is 5.75 Å². The number of ether oxygens (including phenoxy) is 1. The van der Waals surface area contributed by atoms with Crippen LogP contribution >= 0.6 is 23.1 Å². The van der Waals surface area contributed by atoms with Gasteiger partial charge in [0.2, 0.25) is 0 Å². The summed E-state index contributed by atoms with van der Waals surface area (Å²) in [5.74, 6) is 0.964. The molecule has 0 unspecified atom stereocenters. The van der Waals surface area contributed by atoms with Crippen LogP contribution in [-0.4, -0.2) is 18.9 Å². The Kier molecular flexibility index (Phi) is 7.44. The summed E-state index contributed by atoms with van der Waals surface area (Å²) in [4.78, 5) is 27.7. The average Bonchev–Trinajstić information content (AvgIpc) is 3.37. The van der Waals surface area contributed by atoms with Crippen molar-refractivity contribution in [2.24, 2.45) is 0 Å². The molecule has 0 spiro atoms. The SMILES string of the molecule is COc1ccccc1NC(=O)c1ccc(NC(=O)c2ccccc2SCc2cccs2)cc1. The van der Waals surface area contributed by atoms with Crippen molar-refractivity contribution in [1.82, 2.24) is 0 Å². The summed E-state index contributed by atoms with van der Waals surface area (Å²) in [6, 6.07) is 25.7. The fourth-order valence-electron chi connectivity index (χ4n) is 3.17. The fraction of sp³-hybridized carbons (Fsp3) is 0.0769. The first-order valence-electron chi connectivity index (χ1n) is 10.2. The Morgan fingerprint density at radius 2 is 1.61 bits per heavy atom. The number of thiophene rings is 1. The first-order chi connectivity index (χ1) is 16.1. The van der Waals surface area contributed by atoms with Crippen LogP contribution in [0.4, 0.5) is 11.4 Å². The summed E-state index contributed by atoms with van der Waals surface area (Å²) in [5, 5.41) is 7.82. The number of carbonyl (C=O) groups is 2. The first-order valence-corrected chi connectivity index (χ1v) is 12.1. The first kappa shape index (κ1) is 22.6. The number of methoxy groups -OCH3 is 1. The van der Waals surface area contributed by atoms with Gasteiger partial charge in [-0.1, -0.05) is 30.3 Å². The topological polar surface area (TPSA) is 67.4 Å². The van der Waals surface area contributed by atoms with Gasteiger partial charge in [-0.25, -0.2) is 0 Å². The van der Waals surface area contributed by atoms with E-state index in [1.165, 1.54) is 4.88 Å². The van der Waals surface area contributed by atoms with E-state index in [1.807, 2.05) is 42.5 Å². The van der Waals surface area contributed by atoms with Gasteiger partial charge in [-0.3, -0.25) is 9.59 Å². The van der Waals surface area contributed by atoms with Gasteiger partial charge >= 0.3 is 0 Å². The molecule has 33 heavy (non-hydrogen) atoms. The number of carbonyl (C=O) groups excluding carboxylic acids is 2. The van der Waals surface area contributed by atoms with Crippen molar-refractivity contribution in [3.63, 3.8) is 0 Å². The van der Waals surface area contributed by atoms with Crippen molar-refractivity contribution in [2.45, 2.75) is 10.6 Å². The van der Waals surface area contributed by atoms with E-state index in [2.05, 4.69) is 22.1 Å². The maximum Gasteiger partial charge on any atom is 0.256 e. The van der Waals surface area contributed by atoms with Gasteiger partial charge in [0.1, 0.15) is 5.75 Å². The number of hydrogen-bond donors (Lipinski definition) is 2. The van der Waals surface area contributed by atoms with E-state index >= 15 is 0 Å². The normalized spacial score (nSPS) is 10.5. The largest absolute Gasteiger partial charge is 0.495 e. The number of thioether (sulfide) groups is 1. The molecule has 0 saturated heterocycles. The number of hydrogen-bond acceptors (Lipinski definition) is 5. The highest BCUT2D eigenvalue weighted by molar-refractivity contribution is 7.98.